The molecule has 0 saturated carbocycles. The number of nitrogens with one attached hydrogen (secondary N) is 1. The van der Waals surface area contributed by atoms with Crippen molar-refractivity contribution in [1.29, 1.82) is 0 Å². The Labute approximate surface area is 126 Å². The summed E-state index contributed by atoms with van der Waals surface area (Å²) in [5.41, 5.74) is 2.56. The molecule has 0 saturated heterocycles. The largest absolute Gasteiger partial charge is 1.00 e. The third-order valence-electron chi connectivity index (χ3n) is 4.04. The van der Waals surface area contributed by atoms with Crippen molar-refractivity contribution in [2.45, 2.75) is 46.3 Å². The van der Waals surface area contributed by atoms with Crippen LogP contribution in [0.25, 0.3) is 0 Å². The number of hydrogen-bond donors (Lipinski definition) is 1. The Morgan fingerprint density at radius 3 is 2.53 bits per heavy atom. The Kier molecular flexibility index (Phi) is 5.56. The van der Waals surface area contributed by atoms with Crippen molar-refractivity contribution in [3.8, 4) is 0 Å². The molecule has 106 valence electrons. The zero-order chi connectivity index (χ0) is 13.3. The Hall–Kier alpha value is -0.870. The fraction of sp³-hybridized carbons (Fsp3) is 0.533. The van der Waals surface area contributed by atoms with Crippen molar-refractivity contribution in [2.75, 3.05) is 11.4 Å². The van der Waals surface area contributed by atoms with Crippen LogP contribution in [-0.4, -0.2) is 24.5 Å². The summed E-state index contributed by atoms with van der Waals surface area (Å²) in [4.78, 5) is 15.5. The number of carbonyl (C=O) groups is 1. The van der Waals surface area contributed by atoms with E-state index in [2.05, 4.69) is 43.0 Å². The minimum atomic E-state index is -0.0415. The molecular weight excluding hydrogens is 304 g/mol. The Morgan fingerprint density at radius 1 is 1.37 bits per heavy atom. The van der Waals surface area contributed by atoms with Gasteiger partial charge in [-0.3, -0.25) is 9.69 Å². The van der Waals surface area contributed by atoms with E-state index in [1.807, 2.05) is 6.92 Å². The van der Waals surface area contributed by atoms with Gasteiger partial charge in [-0.15, -0.1) is 0 Å². The topological polar surface area (TPSA) is 24.8 Å². The number of benzene rings is 1. The molecule has 3 atom stereocenters. The van der Waals surface area contributed by atoms with Crippen LogP contribution in [0.1, 0.15) is 34.1 Å². The molecule has 0 radical (unpaired) electrons. The highest BCUT2D eigenvalue weighted by Crippen LogP contribution is 2.31. The third-order valence-corrected chi connectivity index (χ3v) is 4.04. The summed E-state index contributed by atoms with van der Waals surface area (Å²) in [5, 5.41) is 0. The van der Waals surface area contributed by atoms with Crippen LogP contribution in [0, 0.1) is 0 Å². The van der Waals surface area contributed by atoms with Crippen LogP contribution in [-0.2, 0) is 4.79 Å². The quantitative estimate of drug-likeness (QED) is 0.748. The molecule has 1 heterocycles. The van der Waals surface area contributed by atoms with Crippen molar-refractivity contribution >= 4 is 17.2 Å². The lowest BCUT2D eigenvalue weighted by Crippen LogP contribution is -3.11. The number of quaternary nitrogens is 1. The van der Waals surface area contributed by atoms with Crippen LogP contribution >= 0.6 is 0 Å². The predicted molar refractivity (Wildman–Crippen MR) is 74.3 cm³/mol. The van der Waals surface area contributed by atoms with Crippen molar-refractivity contribution in [3.05, 3.63) is 24.3 Å². The Bertz CT molecular complexity index is 450. The molecule has 1 aromatic carbocycles. The average molecular weight is 327 g/mol. The maximum atomic E-state index is 11.7. The summed E-state index contributed by atoms with van der Waals surface area (Å²) in [6.45, 7) is 9.16. The van der Waals surface area contributed by atoms with Gasteiger partial charge in [-0.05, 0) is 26.8 Å². The number of rotatable bonds is 4. The number of para-hydroxylation sites is 2. The number of fused-ring (bicyclic) bond motifs is 1. The van der Waals surface area contributed by atoms with Crippen LogP contribution in [0.2, 0.25) is 0 Å². The molecule has 0 aliphatic carbocycles. The average Bonchev–Trinajstić information content (AvgIpc) is 2.70. The smallest absolute Gasteiger partial charge is 0.168 e. The standard InChI is InChI=1S/C15H22N2O.BrH/c1-5-15-16(6-2)13-9-7-8-10-14(13)17(15)11(3)12(4)18;/h7-11,15H,5-6H2,1-4H3;1H. The number of nitrogens with zero attached hydrogens (tertiary/aromatic N) is 1. The molecule has 1 aliphatic heterocycles. The molecule has 0 fully saturated rings. The maximum Gasteiger partial charge on any atom is 0.168 e. The van der Waals surface area contributed by atoms with E-state index in [1.165, 1.54) is 16.3 Å². The molecule has 1 aromatic rings. The third kappa shape index (κ3) is 2.70. The van der Waals surface area contributed by atoms with Gasteiger partial charge in [-0.2, -0.15) is 0 Å². The fourth-order valence-corrected chi connectivity index (χ4v) is 3.03. The highest BCUT2D eigenvalue weighted by Gasteiger charge is 2.41. The first-order valence-corrected chi connectivity index (χ1v) is 6.85. The first-order valence-electron chi connectivity index (χ1n) is 6.85. The molecule has 1 N–H and O–H groups in total. The van der Waals surface area contributed by atoms with E-state index >= 15 is 0 Å². The minimum absolute atomic E-state index is 0. The predicted octanol–water partition coefficient (Wildman–Crippen LogP) is -1.24. The number of carbonyl (C=O) groups excluding carboxylic acids is 1. The molecule has 3 nitrogen and oxygen atoms in total. The van der Waals surface area contributed by atoms with E-state index in [9.17, 15) is 4.79 Å². The van der Waals surface area contributed by atoms with Crippen LogP contribution in [0.15, 0.2) is 24.3 Å². The molecule has 4 heteroatoms. The van der Waals surface area contributed by atoms with Crippen LogP contribution < -0.4 is 26.8 Å². The van der Waals surface area contributed by atoms with Gasteiger partial charge in [0.1, 0.15) is 5.69 Å². The van der Waals surface area contributed by atoms with Gasteiger partial charge in [0.15, 0.2) is 17.6 Å². The lowest BCUT2D eigenvalue weighted by atomic mass is 10.1. The van der Waals surface area contributed by atoms with Gasteiger partial charge in [0.05, 0.1) is 12.6 Å². The number of halogens is 1. The van der Waals surface area contributed by atoms with Gasteiger partial charge >= 0.3 is 0 Å². The number of ketones is 1. The summed E-state index contributed by atoms with van der Waals surface area (Å²) < 4.78 is 0. The van der Waals surface area contributed by atoms with E-state index in [1.54, 1.807) is 6.92 Å². The lowest BCUT2D eigenvalue weighted by molar-refractivity contribution is -0.851. The van der Waals surface area contributed by atoms with Gasteiger partial charge in [-0.1, -0.05) is 19.1 Å². The monoisotopic (exact) mass is 326 g/mol. The molecule has 19 heavy (non-hydrogen) atoms. The van der Waals surface area contributed by atoms with E-state index in [0.29, 0.717) is 6.17 Å². The Morgan fingerprint density at radius 2 is 2.00 bits per heavy atom. The van der Waals surface area contributed by atoms with Crippen LogP contribution in [0.3, 0.4) is 0 Å². The van der Waals surface area contributed by atoms with Crippen LogP contribution in [0.5, 0.6) is 0 Å². The van der Waals surface area contributed by atoms with Gasteiger partial charge in [-0.25, -0.2) is 0 Å². The molecule has 0 bridgehead atoms. The van der Waals surface area contributed by atoms with Crippen LogP contribution in [0.4, 0.5) is 11.4 Å². The SMILES string of the molecule is CCC1N(C(C)C(C)=O)c2ccccc2[NH+]1CC.[Br-]. The fourth-order valence-electron chi connectivity index (χ4n) is 3.03. The molecule has 1 aliphatic rings. The minimum Gasteiger partial charge on any atom is -1.00 e. The second-order valence-corrected chi connectivity index (χ2v) is 5.01. The molecular formula is C15H23BrN2O. The van der Waals surface area contributed by atoms with E-state index in [0.717, 1.165) is 13.0 Å². The molecule has 0 amide bonds. The molecule has 2 rings (SSSR count). The van der Waals surface area contributed by atoms with E-state index in [4.69, 9.17) is 0 Å². The van der Waals surface area contributed by atoms with Crippen molar-refractivity contribution in [3.63, 3.8) is 0 Å². The normalized spacial score (nSPS) is 22.6. The highest BCUT2D eigenvalue weighted by atomic mass is 79.9. The summed E-state index contributed by atoms with van der Waals surface area (Å²) in [6, 6.07) is 8.43. The van der Waals surface area contributed by atoms with Gasteiger partial charge in [0, 0.05) is 12.5 Å². The van der Waals surface area contributed by atoms with Crippen molar-refractivity contribution in [2.24, 2.45) is 0 Å². The lowest BCUT2D eigenvalue weighted by Gasteiger charge is -2.31. The number of Topliss-reactive ketones (excluding diaryl/α,β-unsaturated/α-hetero) is 1. The van der Waals surface area contributed by atoms with E-state index < -0.39 is 0 Å². The van der Waals surface area contributed by atoms with Gasteiger partial charge < -0.3 is 21.9 Å². The summed E-state index contributed by atoms with van der Waals surface area (Å²) in [7, 11) is 0. The molecule has 0 aromatic heterocycles. The van der Waals surface area contributed by atoms with E-state index in [-0.39, 0.29) is 28.8 Å². The second-order valence-electron chi connectivity index (χ2n) is 5.01. The number of anilines is 1. The van der Waals surface area contributed by atoms with Gasteiger partial charge in [0.25, 0.3) is 0 Å². The van der Waals surface area contributed by atoms with Crippen molar-refractivity contribution < 1.29 is 26.7 Å². The van der Waals surface area contributed by atoms with Crippen molar-refractivity contribution in [1.82, 2.24) is 0 Å². The first kappa shape index (κ1) is 16.2. The number of hydrogen-bond acceptors (Lipinski definition) is 2. The zero-order valence-electron chi connectivity index (χ0n) is 12.1. The summed E-state index contributed by atoms with van der Waals surface area (Å²) in [6.07, 6.45) is 1.43. The summed E-state index contributed by atoms with van der Waals surface area (Å²) >= 11 is 0. The molecule has 0 spiro atoms. The first-order chi connectivity index (χ1) is 8.61. The maximum absolute atomic E-state index is 11.7. The molecule has 3 unspecified atom stereocenters. The summed E-state index contributed by atoms with van der Waals surface area (Å²) in [5.74, 6) is 0.237. The second kappa shape index (κ2) is 6.53. The Balaban J connectivity index is 0.00000180. The zero-order valence-corrected chi connectivity index (χ0v) is 13.7. The van der Waals surface area contributed by atoms with Gasteiger partial charge in [0.2, 0.25) is 0 Å². The highest BCUT2D eigenvalue weighted by molar-refractivity contribution is 5.86.